The van der Waals surface area contributed by atoms with Gasteiger partial charge in [0.2, 0.25) is 11.8 Å². The second-order valence-electron chi connectivity index (χ2n) is 8.23. The van der Waals surface area contributed by atoms with Crippen LogP contribution in [0.25, 0.3) is 0 Å². The third-order valence-electron chi connectivity index (χ3n) is 5.46. The van der Waals surface area contributed by atoms with Crippen molar-refractivity contribution in [3.05, 3.63) is 106 Å². The third-order valence-corrected chi connectivity index (χ3v) is 5.46. The zero-order valence-electron chi connectivity index (χ0n) is 18.8. The van der Waals surface area contributed by atoms with Crippen molar-refractivity contribution in [1.29, 1.82) is 0 Å². The van der Waals surface area contributed by atoms with Crippen molar-refractivity contribution < 1.29 is 14.5 Å². The molecule has 7 nitrogen and oxygen atoms in total. The summed E-state index contributed by atoms with van der Waals surface area (Å²) in [5, 5.41) is 16.8. The molecule has 0 bridgehead atoms. The molecule has 3 rings (SSSR count). The van der Waals surface area contributed by atoms with E-state index in [9.17, 15) is 19.7 Å². The highest BCUT2D eigenvalue weighted by atomic mass is 16.6. The summed E-state index contributed by atoms with van der Waals surface area (Å²) in [4.78, 5) is 37.2. The molecule has 0 fully saturated rings. The van der Waals surface area contributed by atoms with Crippen LogP contribution in [-0.2, 0) is 9.59 Å². The monoisotopic (exact) mass is 445 g/mol. The van der Waals surface area contributed by atoms with Gasteiger partial charge >= 0.3 is 0 Å². The average Bonchev–Trinajstić information content (AvgIpc) is 2.80. The Morgan fingerprint density at radius 2 is 1.39 bits per heavy atom. The molecular formula is C26H27N3O4. The molecule has 3 aromatic rings. The van der Waals surface area contributed by atoms with Crippen LogP contribution >= 0.6 is 0 Å². The molecule has 2 N–H and O–H groups in total. The van der Waals surface area contributed by atoms with E-state index in [2.05, 4.69) is 10.6 Å². The molecule has 3 aromatic carbocycles. The Hall–Kier alpha value is -4.00. The van der Waals surface area contributed by atoms with Gasteiger partial charge in [0.1, 0.15) is 6.04 Å². The van der Waals surface area contributed by atoms with Crippen molar-refractivity contribution in [1.82, 2.24) is 5.32 Å². The molecule has 0 radical (unpaired) electrons. The molecule has 0 aliphatic heterocycles. The van der Waals surface area contributed by atoms with Gasteiger partial charge in [-0.3, -0.25) is 19.7 Å². The molecule has 2 amide bonds. The van der Waals surface area contributed by atoms with Crippen molar-refractivity contribution in [3.8, 4) is 0 Å². The van der Waals surface area contributed by atoms with Crippen LogP contribution < -0.4 is 10.6 Å². The van der Waals surface area contributed by atoms with Gasteiger partial charge in [-0.05, 0) is 29.5 Å². The van der Waals surface area contributed by atoms with Gasteiger partial charge in [0, 0.05) is 12.1 Å². The Morgan fingerprint density at radius 3 is 1.88 bits per heavy atom. The zero-order chi connectivity index (χ0) is 24.0. The van der Waals surface area contributed by atoms with Crippen LogP contribution in [0.15, 0.2) is 78.9 Å². The van der Waals surface area contributed by atoms with Gasteiger partial charge in [-0.25, -0.2) is 0 Å². The number of hydrogen-bond donors (Lipinski definition) is 2. The highest BCUT2D eigenvalue weighted by Crippen LogP contribution is 2.26. The number of amides is 2. The molecule has 0 aliphatic carbocycles. The number of aryl methyl sites for hydroxylation is 1. The van der Waals surface area contributed by atoms with Gasteiger partial charge in [0.25, 0.3) is 5.69 Å². The van der Waals surface area contributed by atoms with Crippen LogP contribution in [0.3, 0.4) is 0 Å². The van der Waals surface area contributed by atoms with E-state index in [1.165, 1.54) is 12.1 Å². The number of nitro benzene ring substituents is 1. The van der Waals surface area contributed by atoms with Crippen LogP contribution in [0.2, 0.25) is 0 Å². The molecular weight excluding hydrogens is 418 g/mol. The number of hydrogen-bond acceptors (Lipinski definition) is 4. The minimum absolute atomic E-state index is 0.116. The predicted molar refractivity (Wildman–Crippen MR) is 128 cm³/mol. The Labute approximate surface area is 193 Å². The van der Waals surface area contributed by atoms with Crippen LogP contribution in [0, 0.1) is 23.0 Å². The maximum Gasteiger partial charge on any atom is 0.271 e. The molecule has 0 heterocycles. The topological polar surface area (TPSA) is 101 Å². The van der Waals surface area contributed by atoms with E-state index in [0.717, 1.165) is 11.1 Å². The number of non-ortho nitro benzene ring substituents is 1. The minimum Gasteiger partial charge on any atom is -0.343 e. The molecule has 1 atom stereocenters. The van der Waals surface area contributed by atoms with Crippen LogP contribution in [0.1, 0.15) is 36.5 Å². The number of anilines is 1. The fourth-order valence-corrected chi connectivity index (χ4v) is 3.63. The molecule has 170 valence electrons. The highest BCUT2D eigenvalue weighted by molar-refractivity contribution is 5.99. The lowest BCUT2D eigenvalue weighted by atomic mass is 9.89. The summed E-state index contributed by atoms with van der Waals surface area (Å²) in [6.45, 7) is 5.43. The fraction of sp³-hybridized carbons (Fsp3) is 0.231. The van der Waals surface area contributed by atoms with Crippen molar-refractivity contribution in [3.63, 3.8) is 0 Å². The lowest BCUT2D eigenvalue weighted by Gasteiger charge is -2.25. The number of carbonyl (C=O) groups excluding carboxylic acids is 2. The molecule has 33 heavy (non-hydrogen) atoms. The number of benzene rings is 3. The van der Waals surface area contributed by atoms with E-state index < -0.39 is 22.8 Å². The van der Waals surface area contributed by atoms with E-state index >= 15 is 0 Å². The largest absolute Gasteiger partial charge is 0.343 e. The smallest absolute Gasteiger partial charge is 0.271 e. The normalized spacial score (nSPS) is 11.8. The SMILES string of the molecule is Cc1ccc([N+](=O)[O-])cc1NC(=O)[C@@H](NC(=O)C(c1ccccc1)c1ccccc1)C(C)C. The lowest BCUT2D eigenvalue weighted by molar-refractivity contribution is -0.384. The van der Waals surface area contributed by atoms with Gasteiger partial charge in [-0.1, -0.05) is 80.6 Å². The summed E-state index contributed by atoms with van der Waals surface area (Å²) in [5.74, 6) is -1.51. The molecule has 0 saturated carbocycles. The predicted octanol–water partition coefficient (Wildman–Crippen LogP) is 4.81. The molecule has 0 aromatic heterocycles. The second-order valence-corrected chi connectivity index (χ2v) is 8.23. The highest BCUT2D eigenvalue weighted by Gasteiger charge is 2.30. The third kappa shape index (κ3) is 5.83. The van der Waals surface area contributed by atoms with Gasteiger partial charge in [0.05, 0.1) is 16.5 Å². The first-order chi connectivity index (χ1) is 15.8. The minimum atomic E-state index is -0.828. The first-order valence-electron chi connectivity index (χ1n) is 10.7. The first-order valence-corrected chi connectivity index (χ1v) is 10.7. The Balaban J connectivity index is 1.86. The summed E-state index contributed by atoms with van der Waals surface area (Å²) in [7, 11) is 0. The maximum absolute atomic E-state index is 13.4. The number of nitrogens with one attached hydrogen (secondary N) is 2. The summed E-state index contributed by atoms with van der Waals surface area (Å²) < 4.78 is 0. The van der Waals surface area contributed by atoms with Gasteiger partial charge in [-0.2, -0.15) is 0 Å². The van der Waals surface area contributed by atoms with Crippen molar-refractivity contribution in [2.75, 3.05) is 5.32 Å². The van der Waals surface area contributed by atoms with Crippen molar-refractivity contribution in [2.45, 2.75) is 32.7 Å². The van der Waals surface area contributed by atoms with Crippen LogP contribution in [-0.4, -0.2) is 22.8 Å². The van der Waals surface area contributed by atoms with E-state index in [0.29, 0.717) is 11.3 Å². The van der Waals surface area contributed by atoms with E-state index in [4.69, 9.17) is 0 Å². The summed E-state index contributed by atoms with van der Waals surface area (Å²) >= 11 is 0. The van der Waals surface area contributed by atoms with Gasteiger partial charge in [-0.15, -0.1) is 0 Å². The number of nitro groups is 1. The second kappa shape index (κ2) is 10.5. The van der Waals surface area contributed by atoms with E-state index in [-0.39, 0.29) is 17.5 Å². The standard InChI is InChI=1S/C26H27N3O4/c1-17(2)24(26(31)27-22-16-21(29(32)33)15-14-18(22)3)28-25(30)23(19-10-6-4-7-11-19)20-12-8-5-9-13-20/h4-17,23-24H,1-3H3,(H,27,31)(H,28,30)/t24-/m0/s1. The number of carbonyl (C=O) groups is 2. The summed E-state index contributed by atoms with van der Waals surface area (Å²) in [5.41, 5.74) is 2.55. The zero-order valence-corrected chi connectivity index (χ0v) is 18.8. The van der Waals surface area contributed by atoms with E-state index in [1.54, 1.807) is 13.0 Å². The maximum atomic E-state index is 13.4. The fourth-order valence-electron chi connectivity index (χ4n) is 3.63. The molecule has 0 aliphatic rings. The van der Waals surface area contributed by atoms with Crippen LogP contribution in [0.4, 0.5) is 11.4 Å². The number of nitrogens with zero attached hydrogens (tertiary/aromatic N) is 1. The number of rotatable bonds is 8. The molecule has 0 unspecified atom stereocenters. The van der Waals surface area contributed by atoms with Gasteiger partial charge < -0.3 is 10.6 Å². The van der Waals surface area contributed by atoms with Crippen molar-refractivity contribution >= 4 is 23.2 Å². The first kappa shape index (κ1) is 23.7. The Kier molecular flexibility index (Phi) is 7.56. The van der Waals surface area contributed by atoms with Crippen LogP contribution in [0.5, 0.6) is 0 Å². The summed E-state index contributed by atoms with van der Waals surface area (Å²) in [6, 6.07) is 22.2. The van der Waals surface area contributed by atoms with E-state index in [1.807, 2.05) is 74.5 Å². The van der Waals surface area contributed by atoms with Gasteiger partial charge in [0.15, 0.2) is 0 Å². The Morgan fingerprint density at radius 1 is 0.848 bits per heavy atom. The van der Waals surface area contributed by atoms with Crippen molar-refractivity contribution in [2.24, 2.45) is 5.92 Å². The quantitative estimate of drug-likeness (QED) is 0.384. The molecule has 0 spiro atoms. The summed E-state index contributed by atoms with van der Waals surface area (Å²) in [6.07, 6.45) is 0. The Bertz CT molecular complexity index is 1090. The molecule has 7 heteroatoms. The molecule has 0 saturated heterocycles. The lowest BCUT2D eigenvalue weighted by Crippen LogP contribution is -2.48. The average molecular weight is 446 g/mol.